The van der Waals surface area contributed by atoms with Gasteiger partial charge in [-0.1, -0.05) is 0 Å². The first-order valence-electron chi connectivity index (χ1n) is 8.33. The Balaban J connectivity index is 1.45. The average molecular weight is 380 g/mol. The highest BCUT2D eigenvalue weighted by Gasteiger charge is 2.24. The summed E-state index contributed by atoms with van der Waals surface area (Å²) in [5.74, 6) is -0.0169. The summed E-state index contributed by atoms with van der Waals surface area (Å²) in [5, 5.41) is 10.0. The summed E-state index contributed by atoms with van der Waals surface area (Å²) in [6.07, 6.45) is 1.53. The zero-order chi connectivity index (χ0) is 17.6. The van der Waals surface area contributed by atoms with Gasteiger partial charge < -0.3 is 15.0 Å². The minimum Gasteiger partial charge on any atom is -0.450 e. The molecule has 0 unspecified atom stereocenters. The molecule has 0 radical (unpaired) electrons. The third-order valence-electron chi connectivity index (χ3n) is 4.05. The number of carbonyl (C=O) groups is 2. The summed E-state index contributed by atoms with van der Waals surface area (Å²) in [6.45, 7) is 3.41. The minimum atomic E-state index is -0.268. The van der Waals surface area contributed by atoms with Gasteiger partial charge in [0.15, 0.2) is 0 Å². The number of hydrogen-bond donors (Lipinski definition) is 1. The standard InChI is InChI=1S/C17H21N3O3S2/c1-2-23-17(22)20-6-3-13(4-7-20)18-15(21)9-14-11-25-16(19-14)12-5-8-24-10-12/h5,8,10-11,13H,2-4,6-7,9H2,1H3,(H,18,21). The van der Waals surface area contributed by atoms with E-state index in [2.05, 4.69) is 15.7 Å². The summed E-state index contributed by atoms with van der Waals surface area (Å²) in [7, 11) is 0. The summed E-state index contributed by atoms with van der Waals surface area (Å²) < 4.78 is 5.00. The Kier molecular flexibility index (Phi) is 6.04. The van der Waals surface area contributed by atoms with Gasteiger partial charge in [0.2, 0.25) is 5.91 Å². The van der Waals surface area contributed by atoms with Crippen LogP contribution in [-0.4, -0.2) is 47.6 Å². The average Bonchev–Trinajstić information content (AvgIpc) is 3.27. The van der Waals surface area contributed by atoms with Gasteiger partial charge in [0, 0.05) is 35.5 Å². The van der Waals surface area contributed by atoms with Crippen molar-refractivity contribution in [1.82, 2.24) is 15.2 Å². The van der Waals surface area contributed by atoms with Crippen LogP contribution in [0.1, 0.15) is 25.5 Å². The van der Waals surface area contributed by atoms with Gasteiger partial charge in [-0.3, -0.25) is 4.79 Å². The van der Waals surface area contributed by atoms with Crippen molar-refractivity contribution < 1.29 is 14.3 Å². The van der Waals surface area contributed by atoms with Crippen LogP contribution in [0.3, 0.4) is 0 Å². The molecule has 2 aromatic rings. The normalized spacial score (nSPS) is 15.2. The highest BCUT2D eigenvalue weighted by atomic mass is 32.1. The van der Waals surface area contributed by atoms with E-state index in [-0.39, 0.29) is 18.0 Å². The van der Waals surface area contributed by atoms with Gasteiger partial charge in [-0.15, -0.1) is 11.3 Å². The second-order valence-corrected chi connectivity index (χ2v) is 7.50. The molecular formula is C17H21N3O3S2. The van der Waals surface area contributed by atoms with Gasteiger partial charge in [-0.2, -0.15) is 11.3 Å². The van der Waals surface area contributed by atoms with Crippen LogP contribution in [0, 0.1) is 0 Å². The number of likely N-dealkylation sites (tertiary alicyclic amines) is 1. The zero-order valence-electron chi connectivity index (χ0n) is 14.1. The van der Waals surface area contributed by atoms with Crippen LogP contribution >= 0.6 is 22.7 Å². The fourth-order valence-corrected chi connectivity index (χ4v) is 4.30. The molecule has 0 aliphatic carbocycles. The second kappa shape index (κ2) is 8.44. The maximum Gasteiger partial charge on any atom is 0.409 e. The molecule has 25 heavy (non-hydrogen) atoms. The lowest BCUT2D eigenvalue weighted by molar-refractivity contribution is -0.121. The van der Waals surface area contributed by atoms with Crippen LogP contribution in [0.5, 0.6) is 0 Å². The van der Waals surface area contributed by atoms with Crippen molar-refractivity contribution in [2.24, 2.45) is 0 Å². The topological polar surface area (TPSA) is 71.5 Å². The van der Waals surface area contributed by atoms with E-state index in [9.17, 15) is 9.59 Å². The Morgan fingerprint density at radius 1 is 1.36 bits per heavy atom. The smallest absolute Gasteiger partial charge is 0.409 e. The fourth-order valence-electron chi connectivity index (χ4n) is 2.77. The molecule has 134 valence electrons. The number of thiophene rings is 1. The predicted molar refractivity (Wildman–Crippen MR) is 98.9 cm³/mol. The number of thiazole rings is 1. The van der Waals surface area contributed by atoms with E-state index in [4.69, 9.17) is 4.74 Å². The summed E-state index contributed by atoms with van der Waals surface area (Å²) in [6, 6.07) is 2.14. The molecule has 1 aliphatic rings. The molecule has 0 atom stereocenters. The molecule has 6 nitrogen and oxygen atoms in total. The lowest BCUT2D eigenvalue weighted by Gasteiger charge is -2.31. The maximum absolute atomic E-state index is 12.2. The molecular weight excluding hydrogens is 358 g/mol. The lowest BCUT2D eigenvalue weighted by atomic mass is 10.1. The van der Waals surface area contributed by atoms with Crippen LogP contribution < -0.4 is 5.32 Å². The van der Waals surface area contributed by atoms with Gasteiger partial charge in [-0.05, 0) is 31.2 Å². The molecule has 0 aromatic carbocycles. The van der Waals surface area contributed by atoms with Crippen molar-refractivity contribution in [2.75, 3.05) is 19.7 Å². The van der Waals surface area contributed by atoms with Crippen molar-refractivity contribution >= 4 is 34.7 Å². The highest BCUT2D eigenvalue weighted by molar-refractivity contribution is 7.14. The molecule has 3 heterocycles. The number of carbonyl (C=O) groups excluding carboxylic acids is 2. The van der Waals surface area contributed by atoms with Crippen LogP contribution in [0.25, 0.3) is 10.6 Å². The largest absolute Gasteiger partial charge is 0.450 e. The van der Waals surface area contributed by atoms with E-state index in [0.717, 1.165) is 29.1 Å². The van der Waals surface area contributed by atoms with Crippen molar-refractivity contribution in [3.63, 3.8) is 0 Å². The van der Waals surface area contributed by atoms with Crippen molar-refractivity contribution in [3.8, 4) is 10.6 Å². The highest BCUT2D eigenvalue weighted by Crippen LogP contribution is 2.25. The first kappa shape index (κ1) is 17.9. The van der Waals surface area contributed by atoms with E-state index < -0.39 is 0 Å². The molecule has 1 fully saturated rings. The Hall–Kier alpha value is -1.93. The Bertz CT molecular complexity index is 707. The molecule has 0 spiro atoms. The van der Waals surface area contributed by atoms with Gasteiger partial charge in [0.05, 0.1) is 18.7 Å². The molecule has 2 aromatic heterocycles. The first-order chi connectivity index (χ1) is 12.2. The van der Waals surface area contributed by atoms with E-state index in [1.54, 1.807) is 34.5 Å². The SMILES string of the molecule is CCOC(=O)N1CCC(NC(=O)Cc2csc(-c3ccsc3)n2)CC1. The Morgan fingerprint density at radius 2 is 2.16 bits per heavy atom. The molecule has 8 heteroatoms. The quantitative estimate of drug-likeness (QED) is 0.866. The molecule has 1 saturated heterocycles. The zero-order valence-corrected chi connectivity index (χ0v) is 15.7. The van der Waals surface area contributed by atoms with Crippen LogP contribution in [0.4, 0.5) is 4.79 Å². The number of ether oxygens (including phenoxy) is 1. The number of nitrogens with zero attached hydrogens (tertiary/aromatic N) is 2. The number of aromatic nitrogens is 1. The molecule has 1 aliphatic heterocycles. The van der Waals surface area contributed by atoms with Crippen molar-refractivity contribution in [1.29, 1.82) is 0 Å². The number of amides is 2. The molecule has 3 rings (SSSR count). The molecule has 2 amide bonds. The number of rotatable bonds is 5. The molecule has 0 bridgehead atoms. The van der Waals surface area contributed by atoms with E-state index in [0.29, 0.717) is 26.1 Å². The van der Waals surface area contributed by atoms with Gasteiger partial charge in [0.1, 0.15) is 5.01 Å². The number of hydrogen-bond acceptors (Lipinski definition) is 6. The number of nitrogens with one attached hydrogen (secondary N) is 1. The Morgan fingerprint density at radius 3 is 2.84 bits per heavy atom. The van der Waals surface area contributed by atoms with Gasteiger partial charge in [0.25, 0.3) is 0 Å². The second-order valence-electron chi connectivity index (χ2n) is 5.86. The maximum atomic E-state index is 12.2. The monoisotopic (exact) mass is 379 g/mol. The third-order valence-corrected chi connectivity index (χ3v) is 5.67. The van der Waals surface area contributed by atoms with E-state index >= 15 is 0 Å². The van der Waals surface area contributed by atoms with Crippen molar-refractivity contribution in [3.05, 3.63) is 27.9 Å². The number of piperidine rings is 1. The van der Waals surface area contributed by atoms with Crippen molar-refractivity contribution in [2.45, 2.75) is 32.2 Å². The minimum absolute atomic E-state index is 0.0169. The molecule has 0 saturated carbocycles. The predicted octanol–water partition coefficient (Wildman–Crippen LogP) is 3.15. The summed E-state index contributed by atoms with van der Waals surface area (Å²) >= 11 is 3.20. The van der Waals surface area contributed by atoms with Gasteiger partial charge >= 0.3 is 6.09 Å². The van der Waals surface area contributed by atoms with E-state index in [1.165, 1.54) is 0 Å². The van der Waals surface area contributed by atoms with Crippen LogP contribution in [0.2, 0.25) is 0 Å². The summed E-state index contributed by atoms with van der Waals surface area (Å²) in [4.78, 5) is 30.2. The van der Waals surface area contributed by atoms with E-state index in [1.807, 2.05) is 16.8 Å². The third kappa shape index (κ3) is 4.79. The fraction of sp³-hybridized carbons (Fsp3) is 0.471. The van der Waals surface area contributed by atoms with Crippen LogP contribution in [0.15, 0.2) is 22.2 Å². The molecule has 1 N–H and O–H groups in total. The lowest BCUT2D eigenvalue weighted by Crippen LogP contribution is -2.47. The first-order valence-corrected chi connectivity index (χ1v) is 10.2. The summed E-state index contributed by atoms with van der Waals surface area (Å²) in [5.41, 5.74) is 1.90. The van der Waals surface area contributed by atoms with Gasteiger partial charge in [-0.25, -0.2) is 9.78 Å². The van der Waals surface area contributed by atoms with Crippen LogP contribution in [-0.2, 0) is 16.0 Å². The Labute approximate surface area is 154 Å².